The molecule has 0 unspecified atom stereocenters. The lowest BCUT2D eigenvalue weighted by atomic mass is 10.2. The van der Waals surface area contributed by atoms with Crippen LogP contribution in [0.3, 0.4) is 0 Å². The third kappa shape index (κ3) is 4.45. The number of anilines is 1. The molecule has 0 bridgehead atoms. The largest absolute Gasteiger partial charge is 0.508 e. The van der Waals surface area contributed by atoms with Gasteiger partial charge in [0.15, 0.2) is 0 Å². The highest BCUT2D eigenvalue weighted by molar-refractivity contribution is 5.90. The van der Waals surface area contributed by atoms with Gasteiger partial charge in [0.25, 0.3) is 0 Å². The standard InChI is InChI=1S/C15H13F2NO3/c16-10-1-4-12(5-2-10)21-8-7-15(20)18-14-6-3-11(19)9-13(14)17/h1-6,9,19H,7-8H2,(H,18,20). The van der Waals surface area contributed by atoms with Crippen molar-refractivity contribution in [2.45, 2.75) is 6.42 Å². The molecule has 0 aliphatic carbocycles. The SMILES string of the molecule is O=C(CCOc1ccc(F)cc1)Nc1ccc(O)cc1F. The second-order valence-electron chi connectivity index (χ2n) is 4.26. The van der Waals surface area contributed by atoms with Crippen LogP contribution in [0, 0.1) is 11.6 Å². The van der Waals surface area contributed by atoms with Crippen LogP contribution in [0.2, 0.25) is 0 Å². The number of benzene rings is 2. The van der Waals surface area contributed by atoms with Gasteiger partial charge in [-0.05, 0) is 36.4 Å². The lowest BCUT2D eigenvalue weighted by Crippen LogP contribution is -2.16. The smallest absolute Gasteiger partial charge is 0.227 e. The fourth-order valence-electron chi connectivity index (χ4n) is 1.61. The number of phenols is 1. The van der Waals surface area contributed by atoms with Gasteiger partial charge in [0, 0.05) is 6.07 Å². The monoisotopic (exact) mass is 293 g/mol. The number of amides is 1. The molecule has 2 rings (SSSR count). The van der Waals surface area contributed by atoms with Gasteiger partial charge in [0.2, 0.25) is 5.91 Å². The first-order valence-corrected chi connectivity index (χ1v) is 6.21. The van der Waals surface area contributed by atoms with Gasteiger partial charge in [0.05, 0.1) is 18.7 Å². The number of carbonyl (C=O) groups excluding carboxylic acids is 1. The van der Waals surface area contributed by atoms with E-state index in [2.05, 4.69) is 5.32 Å². The first-order chi connectivity index (χ1) is 10.0. The summed E-state index contributed by atoms with van der Waals surface area (Å²) in [5.74, 6) is -1.29. The van der Waals surface area contributed by atoms with Gasteiger partial charge in [-0.1, -0.05) is 0 Å². The van der Waals surface area contributed by atoms with Crippen molar-refractivity contribution in [2.75, 3.05) is 11.9 Å². The third-order valence-electron chi connectivity index (χ3n) is 2.64. The zero-order valence-corrected chi connectivity index (χ0v) is 11.0. The second-order valence-corrected chi connectivity index (χ2v) is 4.26. The van der Waals surface area contributed by atoms with E-state index in [0.717, 1.165) is 6.07 Å². The topological polar surface area (TPSA) is 58.6 Å². The van der Waals surface area contributed by atoms with Crippen molar-refractivity contribution in [1.29, 1.82) is 0 Å². The number of ether oxygens (including phenoxy) is 1. The Balaban J connectivity index is 1.81. The normalized spacial score (nSPS) is 10.2. The maximum atomic E-state index is 13.4. The second kappa shape index (κ2) is 6.69. The van der Waals surface area contributed by atoms with Gasteiger partial charge in [-0.3, -0.25) is 4.79 Å². The molecule has 1 amide bonds. The van der Waals surface area contributed by atoms with Crippen LogP contribution in [0.4, 0.5) is 14.5 Å². The number of carbonyl (C=O) groups is 1. The van der Waals surface area contributed by atoms with E-state index in [-0.39, 0.29) is 30.3 Å². The molecule has 21 heavy (non-hydrogen) atoms. The van der Waals surface area contributed by atoms with Crippen molar-refractivity contribution >= 4 is 11.6 Å². The maximum Gasteiger partial charge on any atom is 0.227 e. The number of hydrogen-bond acceptors (Lipinski definition) is 3. The minimum atomic E-state index is -0.720. The molecule has 0 aromatic heterocycles. The van der Waals surface area contributed by atoms with Crippen LogP contribution in [0.15, 0.2) is 42.5 Å². The summed E-state index contributed by atoms with van der Waals surface area (Å²) in [6.07, 6.45) is 0.0116. The quantitative estimate of drug-likeness (QED) is 0.833. The molecule has 0 aliphatic rings. The predicted octanol–water partition coefficient (Wildman–Crippen LogP) is 3.08. The van der Waals surface area contributed by atoms with Gasteiger partial charge in [-0.15, -0.1) is 0 Å². The van der Waals surface area contributed by atoms with Crippen LogP contribution >= 0.6 is 0 Å². The summed E-state index contributed by atoms with van der Waals surface area (Å²) >= 11 is 0. The average Bonchev–Trinajstić information content (AvgIpc) is 2.44. The van der Waals surface area contributed by atoms with Gasteiger partial charge in [-0.2, -0.15) is 0 Å². The zero-order chi connectivity index (χ0) is 15.2. The fourth-order valence-corrected chi connectivity index (χ4v) is 1.61. The molecular formula is C15H13F2NO3. The molecule has 0 saturated heterocycles. The van der Waals surface area contributed by atoms with Crippen LogP contribution in [-0.2, 0) is 4.79 Å². The van der Waals surface area contributed by atoms with Crippen LogP contribution in [0.1, 0.15) is 6.42 Å². The van der Waals surface area contributed by atoms with E-state index in [1.165, 1.54) is 36.4 Å². The highest BCUT2D eigenvalue weighted by Crippen LogP contribution is 2.19. The molecule has 0 radical (unpaired) electrons. The van der Waals surface area contributed by atoms with Crippen LogP contribution < -0.4 is 10.1 Å². The number of hydrogen-bond donors (Lipinski definition) is 2. The summed E-state index contributed by atoms with van der Waals surface area (Å²) in [7, 11) is 0. The van der Waals surface area contributed by atoms with E-state index in [0.29, 0.717) is 5.75 Å². The van der Waals surface area contributed by atoms with Gasteiger partial charge in [0.1, 0.15) is 23.1 Å². The maximum absolute atomic E-state index is 13.4. The Morgan fingerprint density at radius 3 is 2.52 bits per heavy atom. The Kier molecular flexibility index (Phi) is 4.71. The molecule has 2 aromatic carbocycles. The van der Waals surface area contributed by atoms with Crippen molar-refractivity contribution in [3.8, 4) is 11.5 Å². The lowest BCUT2D eigenvalue weighted by molar-refractivity contribution is -0.116. The van der Waals surface area contributed by atoms with Crippen LogP contribution in [-0.4, -0.2) is 17.6 Å². The van der Waals surface area contributed by atoms with Gasteiger partial charge >= 0.3 is 0 Å². The van der Waals surface area contributed by atoms with E-state index in [4.69, 9.17) is 9.84 Å². The number of aromatic hydroxyl groups is 1. The van der Waals surface area contributed by atoms with E-state index in [1.54, 1.807) is 0 Å². The summed E-state index contributed by atoms with van der Waals surface area (Å²) in [5, 5.41) is 11.4. The molecule has 2 aromatic rings. The van der Waals surface area contributed by atoms with Crippen molar-refractivity contribution in [3.05, 3.63) is 54.1 Å². The highest BCUT2D eigenvalue weighted by atomic mass is 19.1. The van der Waals surface area contributed by atoms with Crippen molar-refractivity contribution in [3.63, 3.8) is 0 Å². The van der Waals surface area contributed by atoms with Gasteiger partial charge in [-0.25, -0.2) is 8.78 Å². The number of halogens is 2. The minimum Gasteiger partial charge on any atom is -0.508 e. The van der Waals surface area contributed by atoms with E-state index in [1.807, 2.05) is 0 Å². The Labute approximate surface area is 120 Å². The van der Waals surface area contributed by atoms with Gasteiger partial charge < -0.3 is 15.2 Å². The molecule has 0 saturated carbocycles. The van der Waals surface area contributed by atoms with Crippen molar-refractivity contribution < 1.29 is 23.4 Å². The average molecular weight is 293 g/mol. The molecule has 110 valence electrons. The first kappa shape index (κ1) is 14.8. The number of nitrogens with one attached hydrogen (secondary N) is 1. The molecule has 0 fully saturated rings. The predicted molar refractivity (Wildman–Crippen MR) is 73.2 cm³/mol. The summed E-state index contributed by atoms with van der Waals surface area (Å²) in [6.45, 7) is 0.0805. The van der Waals surface area contributed by atoms with Crippen LogP contribution in [0.5, 0.6) is 11.5 Å². The Morgan fingerprint density at radius 2 is 1.86 bits per heavy atom. The lowest BCUT2D eigenvalue weighted by Gasteiger charge is -2.08. The van der Waals surface area contributed by atoms with E-state index in [9.17, 15) is 13.6 Å². The number of phenolic OH excluding ortho intramolecular Hbond substituents is 1. The van der Waals surface area contributed by atoms with Crippen LogP contribution in [0.25, 0.3) is 0 Å². The molecule has 6 heteroatoms. The van der Waals surface area contributed by atoms with Crippen molar-refractivity contribution in [2.24, 2.45) is 0 Å². The highest BCUT2D eigenvalue weighted by Gasteiger charge is 2.08. The molecular weight excluding hydrogens is 280 g/mol. The molecule has 0 spiro atoms. The van der Waals surface area contributed by atoms with E-state index >= 15 is 0 Å². The zero-order valence-electron chi connectivity index (χ0n) is 11.0. The summed E-state index contributed by atoms with van der Waals surface area (Å²) in [4.78, 5) is 11.6. The molecule has 0 heterocycles. The molecule has 4 nitrogen and oxygen atoms in total. The minimum absolute atomic E-state index is 0.0116. The Bertz CT molecular complexity index is 629. The Morgan fingerprint density at radius 1 is 1.14 bits per heavy atom. The molecule has 2 N–H and O–H groups in total. The Hall–Kier alpha value is -2.63. The fraction of sp³-hybridized carbons (Fsp3) is 0.133. The van der Waals surface area contributed by atoms with E-state index < -0.39 is 11.7 Å². The third-order valence-corrected chi connectivity index (χ3v) is 2.64. The molecule has 0 aliphatic heterocycles. The molecule has 0 atom stereocenters. The number of rotatable bonds is 5. The summed E-state index contributed by atoms with van der Waals surface area (Å²) < 4.78 is 31.3. The summed E-state index contributed by atoms with van der Waals surface area (Å²) in [5.41, 5.74) is -0.0143. The summed E-state index contributed by atoms with van der Waals surface area (Å²) in [6, 6.07) is 8.85. The van der Waals surface area contributed by atoms with Crippen molar-refractivity contribution in [1.82, 2.24) is 0 Å². The first-order valence-electron chi connectivity index (χ1n) is 6.21.